The Morgan fingerprint density at radius 2 is 2.22 bits per heavy atom. The summed E-state index contributed by atoms with van der Waals surface area (Å²) in [4.78, 5) is 20.9. The summed E-state index contributed by atoms with van der Waals surface area (Å²) in [6.45, 7) is 1.66. The second kappa shape index (κ2) is 4.52. The molecule has 2 rings (SSSR count). The molecule has 0 bridgehead atoms. The minimum Gasteiger partial charge on any atom is -0.481 e. The van der Waals surface area contributed by atoms with Crippen LogP contribution in [0.5, 0.6) is 11.5 Å². The van der Waals surface area contributed by atoms with E-state index in [9.17, 15) is 14.9 Å². The number of hydrogen-bond donors (Lipinski definition) is 1. The zero-order chi connectivity index (χ0) is 13.3. The zero-order valence-corrected chi connectivity index (χ0v) is 9.58. The van der Waals surface area contributed by atoms with Crippen molar-refractivity contribution in [1.29, 1.82) is 0 Å². The van der Waals surface area contributed by atoms with Gasteiger partial charge in [0.05, 0.1) is 10.5 Å². The molecule has 1 aromatic rings. The van der Waals surface area contributed by atoms with E-state index in [1.165, 1.54) is 12.1 Å². The molecule has 0 spiro atoms. The molecule has 0 amide bonds. The number of nitro groups is 1. The lowest BCUT2D eigenvalue weighted by atomic mass is 10.1. The molecule has 1 heterocycles. The lowest BCUT2D eigenvalue weighted by Gasteiger charge is -2.06. The first kappa shape index (κ1) is 12.2. The van der Waals surface area contributed by atoms with E-state index in [2.05, 4.69) is 0 Å². The number of nitrogens with zero attached hydrogens (tertiary/aromatic N) is 1. The van der Waals surface area contributed by atoms with Crippen LogP contribution in [0.25, 0.3) is 0 Å². The minimum atomic E-state index is -1.02. The largest absolute Gasteiger partial charge is 0.481 e. The molecule has 1 unspecified atom stereocenters. The van der Waals surface area contributed by atoms with Crippen molar-refractivity contribution in [2.75, 3.05) is 0 Å². The van der Waals surface area contributed by atoms with Crippen molar-refractivity contribution in [3.05, 3.63) is 27.8 Å². The topological polar surface area (TPSA) is 98.9 Å². The van der Waals surface area contributed by atoms with Gasteiger partial charge in [-0.05, 0) is 12.5 Å². The van der Waals surface area contributed by atoms with Crippen molar-refractivity contribution >= 4 is 11.7 Å². The standard InChI is InChI=1S/C11H11NO6/c1-6-17-9-4-3-8(12(15)16)7(11(9)18-6)2-5-10(13)14/h3-4,6H,2,5H2,1H3,(H,13,14). The van der Waals surface area contributed by atoms with Gasteiger partial charge in [0.15, 0.2) is 11.5 Å². The molecular formula is C11H11NO6. The third-order valence-corrected chi connectivity index (χ3v) is 2.56. The van der Waals surface area contributed by atoms with Gasteiger partial charge in [0.1, 0.15) is 0 Å². The highest BCUT2D eigenvalue weighted by Crippen LogP contribution is 2.42. The van der Waals surface area contributed by atoms with Crippen molar-refractivity contribution in [3.8, 4) is 11.5 Å². The van der Waals surface area contributed by atoms with Crippen LogP contribution in [0.3, 0.4) is 0 Å². The van der Waals surface area contributed by atoms with E-state index in [1.807, 2.05) is 0 Å². The van der Waals surface area contributed by atoms with Gasteiger partial charge in [-0.1, -0.05) is 0 Å². The molecule has 96 valence electrons. The second-order valence-corrected chi connectivity index (χ2v) is 3.84. The van der Waals surface area contributed by atoms with Crippen LogP contribution < -0.4 is 9.47 Å². The molecule has 0 radical (unpaired) electrons. The number of carboxylic acids is 1. The van der Waals surface area contributed by atoms with E-state index in [1.54, 1.807) is 6.92 Å². The summed E-state index contributed by atoms with van der Waals surface area (Å²) in [5.41, 5.74) is 0.122. The average Bonchev–Trinajstić information content (AvgIpc) is 2.65. The van der Waals surface area contributed by atoms with Gasteiger partial charge in [-0.25, -0.2) is 0 Å². The number of aliphatic carboxylic acids is 1. The highest BCUT2D eigenvalue weighted by molar-refractivity contribution is 5.68. The number of carbonyl (C=O) groups is 1. The van der Waals surface area contributed by atoms with Crippen molar-refractivity contribution in [2.45, 2.75) is 26.1 Å². The summed E-state index contributed by atoms with van der Waals surface area (Å²) in [5.74, 6) is -0.333. The van der Waals surface area contributed by atoms with Crippen molar-refractivity contribution in [1.82, 2.24) is 0 Å². The highest BCUT2D eigenvalue weighted by atomic mass is 16.7. The fourth-order valence-corrected chi connectivity index (χ4v) is 1.83. The van der Waals surface area contributed by atoms with E-state index in [4.69, 9.17) is 14.6 Å². The van der Waals surface area contributed by atoms with Gasteiger partial charge in [-0.2, -0.15) is 0 Å². The van der Waals surface area contributed by atoms with Crippen LogP contribution >= 0.6 is 0 Å². The first-order valence-electron chi connectivity index (χ1n) is 5.34. The average molecular weight is 253 g/mol. The molecule has 0 saturated heterocycles. The summed E-state index contributed by atoms with van der Waals surface area (Å²) in [7, 11) is 0. The van der Waals surface area contributed by atoms with Gasteiger partial charge >= 0.3 is 5.97 Å². The predicted octanol–water partition coefficient (Wildman–Crippen LogP) is 1.73. The zero-order valence-electron chi connectivity index (χ0n) is 9.58. The van der Waals surface area contributed by atoms with Gasteiger partial charge in [0, 0.05) is 19.4 Å². The molecule has 7 heteroatoms. The molecule has 1 aromatic carbocycles. The predicted molar refractivity (Wildman–Crippen MR) is 59.8 cm³/mol. The molecular weight excluding hydrogens is 242 g/mol. The van der Waals surface area contributed by atoms with E-state index in [0.29, 0.717) is 5.75 Å². The minimum absolute atomic E-state index is 0.0326. The molecule has 1 aliphatic heterocycles. The van der Waals surface area contributed by atoms with E-state index in [-0.39, 0.29) is 29.8 Å². The monoisotopic (exact) mass is 253 g/mol. The van der Waals surface area contributed by atoms with Gasteiger partial charge in [0.2, 0.25) is 6.29 Å². The van der Waals surface area contributed by atoms with Crippen molar-refractivity contribution < 1.29 is 24.3 Å². The van der Waals surface area contributed by atoms with Gasteiger partial charge < -0.3 is 14.6 Å². The Balaban J connectivity index is 2.42. The number of carboxylic acid groups (broad SMARTS) is 1. The Kier molecular flexibility index (Phi) is 3.05. The van der Waals surface area contributed by atoms with Crippen LogP contribution in [-0.2, 0) is 11.2 Å². The lowest BCUT2D eigenvalue weighted by Crippen LogP contribution is -2.12. The highest BCUT2D eigenvalue weighted by Gasteiger charge is 2.29. The number of ether oxygens (including phenoxy) is 2. The summed E-state index contributed by atoms with van der Waals surface area (Å²) in [6, 6.07) is 2.76. The third kappa shape index (κ3) is 2.20. The Morgan fingerprint density at radius 3 is 2.83 bits per heavy atom. The Labute approximate surface area is 102 Å². The van der Waals surface area contributed by atoms with Crippen molar-refractivity contribution in [3.63, 3.8) is 0 Å². The summed E-state index contributed by atoms with van der Waals surface area (Å²) >= 11 is 0. The maximum atomic E-state index is 10.9. The van der Waals surface area contributed by atoms with Crippen LogP contribution in [0.1, 0.15) is 18.9 Å². The van der Waals surface area contributed by atoms with Crippen LogP contribution in [0.15, 0.2) is 12.1 Å². The quantitative estimate of drug-likeness (QED) is 0.648. The van der Waals surface area contributed by atoms with Gasteiger partial charge in [-0.3, -0.25) is 14.9 Å². The number of rotatable bonds is 4. The molecule has 18 heavy (non-hydrogen) atoms. The number of nitro benzene ring substituents is 1. The van der Waals surface area contributed by atoms with Crippen LogP contribution in [-0.4, -0.2) is 22.3 Å². The smallest absolute Gasteiger partial charge is 0.303 e. The molecule has 1 atom stereocenters. The van der Waals surface area contributed by atoms with E-state index >= 15 is 0 Å². The molecule has 1 aliphatic rings. The second-order valence-electron chi connectivity index (χ2n) is 3.84. The Morgan fingerprint density at radius 1 is 1.50 bits per heavy atom. The number of hydrogen-bond acceptors (Lipinski definition) is 5. The SMILES string of the molecule is CC1Oc2ccc([N+](=O)[O-])c(CCC(=O)O)c2O1. The maximum Gasteiger partial charge on any atom is 0.303 e. The molecule has 0 aliphatic carbocycles. The third-order valence-electron chi connectivity index (χ3n) is 2.56. The summed E-state index contributed by atoms with van der Waals surface area (Å²) in [5, 5.41) is 19.6. The van der Waals surface area contributed by atoms with Crippen LogP contribution in [0, 0.1) is 10.1 Å². The molecule has 1 N–H and O–H groups in total. The normalized spacial score (nSPS) is 16.6. The van der Waals surface area contributed by atoms with Crippen LogP contribution in [0.4, 0.5) is 5.69 Å². The van der Waals surface area contributed by atoms with Crippen LogP contribution in [0.2, 0.25) is 0 Å². The molecule has 7 nitrogen and oxygen atoms in total. The van der Waals surface area contributed by atoms with E-state index in [0.717, 1.165) is 0 Å². The summed E-state index contributed by atoms with van der Waals surface area (Å²) in [6.07, 6.45) is -0.689. The molecule has 0 saturated carbocycles. The Bertz CT molecular complexity index is 513. The fraction of sp³-hybridized carbons (Fsp3) is 0.364. The lowest BCUT2D eigenvalue weighted by molar-refractivity contribution is -0.385. The first-order chi connectivity index (χ1) is 8.49. The van der Waals surface area contributed by atoms with Crippen molar-refractivity contribution in [2.24, 2.45) is 0 Å². The number of benzene rings is 1. The Hall–Kier alpha value is -2.31. The van der Waals surface area contributed by atoms with E-state index < -0.39 is 17.2 Å². The maximum absolute atomic E-state index is 10.9. The summed E-state index contributed by atoms with van der Waals surface area (Å²) < 4.78 is 10.6. The van der Waals surface area contributed by atoms with Gasteiger partial charge in [-0.15, -0.1) is 0 Å². The fourth-order valence-electron chi connectivity index (χ4n) is 1.83. The van der Waals surface area contributed by atoms with Gasteiger partial charge in [0.25, 0.3) is 5.69 Å². The number of fused-ring (bicyclic) bond motifs is 1. The molecule has 0 fully saturated rings. The molecule has 0 aromatic heterocycles. The first-order valence-corrected chi connectivity index (χ1v) is 5.34.